The van der Waals surface area contributed by atoms with Crippen molar-refractivity contribution in [2.75, 3.05) is 13.6 Å². The molecule has 20 heavy (non-hydrogen) atoms. The number of carbonyl (C=O) groups is 1. The van der Waals surface area contributed by atoms with E-state index in [9.17, 15) is 4.79 Å². The minimum atomic E-state index is 0.0273. The van der Waals surface area contributed by atoms with Gasteiger partial charge >= 0.3 is 0 Å². The zero-order valence-corrected chi connectivity index (χ0v) is 13.3. The number of thiazole rings is 1. The molecule has 1 aliphatic rings. The Morgan fingerprint density at radius 2 is 2.15 bits per heavy atom. The first-order chi connectivity index (χ1) is 9.63. The van der Waals surface area contributed by atoms with E-state index in [-0.39, 0.29) is 11.4 Å². The van der Waals surface area contributed by atoms with Crippen LogP contribution in [0.15, 0.2) is 5.38 Å². The first kappa shape index (κ1) is 15.4. The molecular weight excluding hydrogens is 270 g/mol. The number of aromatic nitrogens is 1. The Morgan fingerprint density at radius 3 is 2.75 bits per heavy atom. The number of aryl methyl sites for hydroxylation is 1. The summed E-state index contributed by atoms with van der Waals surface area (Å²) in [5.74, 6) is 0.160. The fraction of sp³-hybridized carbons (Fsp3) is 0.733. The van der Waals surface area contributed by atoms with Crippen LogP contribution < -0.4 is 10.6 Å². The van der Waals surface area contributed by atoms with Gasteiger partial charge in [0, 0.05) is 30.3 Å². The molecule has 4 nitrogen and oxygen atoms in total. The molecule has 0 spiro atoms. The van der Waals surface area contributed by atoms with Crippen molar-refractivity contribution in [2.45, 2.75) is 57.4 Å². The van der Waals surface area contributed by atoms with Crippen LogP contribution in [0.4, 0.5) is 0 Å². The first-order valence-corrected chi connectivity index (χ1v) is 8.38. The van der Waals surface area contributed by atoms with E-state index in [1.54, 1.807) is 11.3 Å². The van der Waals surface area contributed by atoms with Crippen molar-refractivity contribution in [3.8, 4) is 0 Å². The van der Waals surface area contributed by atoms with Crippen molar-refractivity contribution in [1.82, 2.24) is 15.6 Å². The summed E-state index contributed by atoms with van der Waals surface area (Å²) in [6, 6.07) is 0. The van der Waals surface area contributed by atoms with Gasteiger partial charge < -0.3 is 10.6 Å². The highest BCUT2D eigenvalue weighted by atomic mass is 32.1. The first-order valence-electron chi connectivity index (χ1n) is 7.50. The third kappa shape index (κ3) is 4.28. The minimum Gasteiger partial charge on any atom is -0.356 e. The molecule has 1 heterocycles. The molecule has 0 unspecified atom stereocenters. The van der Waals surface area contributed by atoms with Gasteiger partial charge in [-0.1, -0.05) is 19.3 Å². The number of nitrogens with zero attached hydrogens (tertiary/aromatic N) is 1. The van der Waals surface area contributed by atoms with Crippen molar-refractivity contribution in [1.29, 1.82) is 0 Å². The molecule has 1 aromatic rings. The van der Waals surface area contributed by atoms with E-state index in [0.29, 0.717) is 13.0 Å². The predicted molar refractivity (Wildman–Crippen MR) is 83.1 cm³/mol. The molecule has 0 aromatic carbocycles. The average Bonchev–Trinajstić information content (AvgIpc) is 2.85. The van der Waals surface area contributed by atoms with E-state index in [2.05, 4.69) is 21.0 Å². The Labute approximate surface area is 125 Å². The van der Waals surface area contributed by atoms with Crippen LogP contribution in [0.1, 0.15) is 49.2 Å². The maximum atomic E-state index is 12.1. The van der Waals surface area contributed by atoms with Crippen molar-refractivity contribution >= 4 is 17.2 Å². The van der Waals surface area contributed by atoms with E-state index in [1.165, 1.54) is 19.3 Å². The normalized spacial score (nSPS) is 17.9. The van der Waals surface area contributed by atoms with Gasteiger partial charge in [0.2, 0.25) is 5.91 Å². The summed E-state index contributed by atoms with van der Waals surface area (Å²) in [6.45, 7) is 2.69. The Balaban J connectivity index is 1.74. The van der Waals surface area contributed by atoms with Crippen LogP contribution in [0.5, 0.6) is 0 Å². The predicted octanol–water partition coefficient (Wildman–Crippen LogP) is 2.42. The Morgan fingerprint density at radius 1 is 1.40 bits per heavy atom. The summed E-state index contributed by atoms with van der Waals surface area (Å²) in [7, 11) is 1.98. The standard InChI is InChI=1S/C15H25N3OS/c1-12-18-13(11-20-12)6-9-17-14(19)10-15(16-2)7-4-3-5-8-15/h11,16H,3-10H2,1-2H3,(H,17,19). The van der Waals surface area contributed by atoms with Crippen LogP contribution in [0, 0.1) is 6.92 Å². The Bertz CT molecular complexity index is 438. The SMILES string of the molecule is CNC1(CC(=O)NCCc2csc(C)n2)CCCCC1. The highest BCUT2D eigenvalue weighted by Gasteiger charge is 2.32. The summed E-state index contributed by atoms with van der Waals surface area (Å²) in [5, 5.41) is 9.57. The number of amides is 1. The van der Waals surface area contributed by atoms with E-state index in [4.69, 9.17) is 0 Å². The molecule has 0 atom stereocenters. The fourth-order valence-electron chi connectivity index (χ4n) is 2.97. The number of carbonyl (C=O) groups excluding carboxylic acids is 1. The zero-order chi connectivity index (χ0) is 14.4. The van der Waals surface area contributed by atoms with Gasteiger partial charge in [0.25, 0.3) is 0 Å². The van der Waals surface area contributed by atoms with Gasteiger partial charge in [-0.05, 0) is 26.8 Å². The second-order valence-electron chi connectivity index (χ2n) is 5.73. The second-order valence-corrected chi connectivity index (χ2v) is 6.79. The van der Waals surface area contributed by atoms with E-state index in [1.807, 2.05) is 14.0 Å². The lowest BCUT2D eigenvalue weighted by Gasteiger charge is -2.36. The van der Waals surface area contributed by atoms with Crippen LogP contribution in [0.2, 0.25) is 0 Å². The maximum absolute atomic E-state index is 12.1. The van der Waals surface area contributed by atoms with E-state index in [0.717, 1.165) is 30.0 Å². The van der Waals surface area contributed by atoms with Crippen molar-refractivity contribution in [3.05, 3.63) is 16.1 Å². The molecule has 1 aromatic heterocycles. The lowest BCUT2D eigenvalue weighted by Crippen LogP contribution is -2.48. The number of rotatable bonds is 6. The number of nitrogens with one attached hydrogen (secondary N) is 2. The van der Waals surface area contributed by atoms with Crippen molar-refractivity contribution < 1.29 is 4.79 Å². The van der Waals surface area contributed by atoms with E-state index >= 15 is 0 Å². The van der Waals surface area contributed by atoms with Crippen LogP contribution >= 0.6 is 11.3 Å². The average molecular weight is 295 g/mol. The molecule has 5 heteroatoms. The van der Waals surface area contributed by atoms with Gasteiger partial charge in [0.1, 0.15) is 0 Å². The lowest BCUT2D eigenvalue weighted by molar-refractivity contribution is -0.122. The molecular formula is C15H25N3OS. The van der Waals surface area contributed by atoms with Gasteiger partial charge in [-0.25, -0.2) is 4.98 Å². The Kier molecular flexibility index (Phi) is 5.54. The molecule has 0 saturated heterocycles. The topological polar surface area (TPSA) is 54.0 Å². The summed E-state index contributed by atoms with van der Waals surface area (Å²) in [5.41, 5.74) is 1.10. The van der Waals surface area contributed by atoms with Gasteiger partial charge in [-0.2, -0.15) is 0 Å². The van der Waals surface area contributed by atoms with Crippen molar-refractivity contribution in [3.63, 3.8) is 0 Å². The van der Waals surface area contributed by atoms with Crippen LogP contribution in [0.25, 0.3) is 0 Å². The summed E-state index contributed by atoms with van der Waals surface area (Å²) < 4.78 is 0. The Hall–Kier alpha value is -0.940. The third-order valence-corrected chi connectivity index (χ3v) is 5.03. The maximum Gasteiger partial charge on any atom is 0.221 e. The third-order valence-electron chi connectivity index (χ3n) is 4.21. The van der Waals surface area contributed by atoms with E-state index < -0.39 is 0 Å². The molecule has 1 fully saturated rings. The van der Waals surface area contributed by atoms with Gasteiger partial charge in [0.15, 0.2) is 0 Å². The lowest BCUT2D eigenvalue weighted by atomic mass is 9.79. The molecule has 1 saturated carbocycles. The molecule has 0 aliphatic heterocycles. The summed E-state index contributed by atoms with van der Waals surface area (Å²) >= 11 is 1.66. The highest BCUT2D eigenvalue weighted by molar-refractivity contribution is 7.09. The molecule has 112 valence electrons. The quantitative estimate of drug-likeness (QED) is 0.847. The fourth-order valence-corrected chi connectivity index (χ4v) is 3.61. The summed E-state index contributed by atoms with van der Waals surface area (Å²) in [4.78, 5) is 16.5. The second kappa shape index (κ2) is 7.18. The largest absolute Gasteiger partial charge is 0.356 e. The monoisotopic (exact) mass is 295 g/mol. The molecule has 1 amide bonds. The zero-order valence-electron chi connectivity index (χ0n) is 12.5. The van der Waals surface area contributed by atoms with Crippen LogP contribution in [-0.4, -0.2) is 30.0 Å². The molecule has 0 radical (unpaired) electrons. The van der Waals surface area contributed by atoms with Crippen LogP contribution in [0.3, 0.4) is 0 Å². The number of hydrogen-bond acceptors (Lipinski definition) is 4. The highest BCUT2D eigenvalue weighted by Crippen LogP contribution is 2.30. The number of hydrogen-bond donors (Lipinski definition) is 2. The van der Waals surface area contributed by atoms with Crippen LogP contribution in [-0.2, 0) is 11.2 Å². The molecule has 2 rings (SSSR count). The molecule has 2 N–H and O–H groups in total. The van der Waals surface area contributed by atoms with Gasteiger partial charge in [-0.15, -0.1) is 11.3 Å². The van der Waals surface area contributed by atoms with Gasteiger partial charge in [0.05, 0.1) is 10.7 Å². The molecule has 0 bridgehead atoms. The summed E-state index contributed by atoms with van der Waals surface area (Å²) in [6.07, 6.45) is 7.40. The smallest absolute Gasteiger partial charge is 0.221 e. The van der Waals surface area contributed by atoms with Gasteiger partial charge in [-0.3, -0.25) is 4.79 Å². The van der Waals surface area contributed by atoms with Crippen molar-refractivity contribution in [2.24, 2.45) is 0 Å². The molecule has 1 aliphatic carbocycles. The minimum absolute atomic E-state index is 0.0273.